The molecule has 0 aliphatic carbocycles. The van der Waals surface area contributed by atoms with Crippen LogP contribution in [0.1, 0.15) is 43.0 Å². The van der Waals surface area contributed by atoms with Gasteiger partial charge in [-0.1, -0.05) is 55.8 Å². The molecule has 2 amide bonds. The van der Waals surface area contributed by atoms with E-state index in [-0.39, 0.29) is 36.1 Å². The van der Waals surface area contributed by atoms with Gasteiger partial charge < -0.3 is 15.0 Å². The lowest BCUT2D eigenvalue weighted by Gasteiger charge is -2.25. The van der Waals surface area contributed by atoms with Crippen molar-refractivity contribution < 1.29 is 14.3 Å². The number of amides is 2. The highest BCUT2D eigenvalue weighted by molar-refractivity contribution is 5.89. The summed E-state index contributed by atoms with van der Waals surface area (Å²) < 4.78 is 5.22. The van der Waals surface area contributed by atoms with E-state index < -0.39 is 0 Å². The molecular formula is C24H30N2O3. The molecule has 5 nitrogen and oxygen atoms in total. The first kappa shape index (κ1) is 20.9. The molecule has 0 radical (unpaired) electrons. The van der Waals surface area contributed by atoms with Gasteiger partial charge >= 0.3 is 0 Å². The number of carbonyl (C=O) groups is 2. The van der Waals surface area contributed by atoms with Crippen molar-refractivity contribution in [1.82, 2.24) is 10.2 Å². The maximum atomic E-state index is 12.9. The van der Waals surface area contributed by atoms with E-state index in [1.54, 1.807) is 12.0 Å². The second-order valence-corrected chi connectivity index (χ2v) is 8.16. The number of ether oxygens (including phenoxy) is 1. The third-order valence-electron chi connectivity index (χ3n) is 5.52. The third-order valence-corrected chi connectivity index (χ3v) is 5.52. The summed E-state index contributed by atoms with van der Waals surface area (Å²) >= 11 is 0. The Balaban J connectivity index is 1.64. The Morgan fingerprint density at radius 1 is 1.14 bits per heavy atom. The molecular weight excluding hydrogens is 364 g/mol. The van der Waals surface area contributed by atoms with E-state index >= 15 is 0 Å². The number of rotatable bonds is 7. The summed E-state index contributed by atoms with van der Waals surface area (Å²) in [5.41, 5.74) is 3.32. The number of likely N-dealkylation sites (tertiary alicyclic amines) is 1. The van der Waals surface area contributed by atoms with Gasteiger partial charge in [0, 0.05) is 19.5 Å². The first-order chi connectivity index (χ1) is 13.9. The van der Waals surface area contributed by atoms with Crippen molar-refractivity contribution in [3.05, 3.63) is 65.2 Å². The quantitative estimate of drug-likeness (QED) is 0.776. The molecule has 2 unspecified atom stereocenters. The van der Waals surface area contributed by atoms with Gasteiger partial charge in [0.2, 0.25) is 11.8 Å². The van der Waals surface area contributed by atoms with Crippen molar-refractivity contribution in [2.24, 2.45) is 11.8 Å². The molecule has 0 bridgehead atoms. The van der Waals surface area contributed by atoms with Crippen LogP contribution in [-0.4, -0.2) is 30.4 Å². The van der Waals surface area contributed by atoms with Gasteiger partial charge in [0.15, 0.2) is 0 Å². The average Bonchev–Trinajstić information content (AvgIpc) is 3.08. The summed E-state index contributed by atoms with van der Waals surface area (Å²) in [5, 5.41) is 3.17. The van der Waals surface area contributed by atoms with Gasteiger partial charge in [0.25, 0.3) is 0 Å². The minimum Gasteiger partial charge on any atom is -0.497 e. The molecule has 1 N–H and O–H groups in total. The predicted octanol–water partition coefficient (Wildman–Crippen LogP) is 3.87. The van der Waals surface area contributed by atoms with Gasteiger partial charge in [-0.25, -0.2) is 0 Å². The fourth-order valence-electron chi connectivity index (χ4n) is 3.73. The van der Waals surface area contributed by atoms with E-state index in [4.69, 9.17) is 4.74 Å². The van der Waals surface area contributed by atoms with Crippen LogP contribution in [0.5, 0.6) is 5.75 Å². The highest BCUT2D eigenvalue weighted by atomic mass is 16.5. The molecule has 154 valence electrons. The van der Waals surface area contributed by atoms with Crippen molar-refractivity contribution in [2.75, 3.05) is 13.7 Å². The summed E-state index contributed by atoms with van der Waals surface area (Å²) in [5.74, 6) is 0.687. The van der Waals surface area contributed by atoms with E-state index in [0.29, 0.717) is 13.1 Å². The molecule has 0 saturated carbocycles. The lowest BCUT2D eigenvalue weighted by molar-refractivity contribution is -0.129. The lowest BCUT2D eigenvalue weighted by atomic mass is 9.95. The number of benzene rings is 2. The SMILES string of the molecule is COc1ccc(C(NC(=O)C2CC(=O)N(Cc3ccc(C)cc3)C2)C(C)C)cc1. The zero-order chi connectivity index (χ0) is 21.0. The Labute approximate surface area is 173 Å². The fraction of sp³-hybridized carbons (Fsp3) is 0.417. The summed E-state index contributed by atoms with van der Waals surface area (Å²) in [6.45, 7) is 7.22. The Hall–Kier alpha value is -2.82. The maximum absolute atomic E-state index is 12.9. The standard InChI is InChI=1S/C24H30N2O3/c1-16(2)23(19-9-11-21(29-4)12-10-19)25-24(28)20-13-22(27)26(15-20)14-18-7-5-17(3)6-8-18/h5-12,16,20,23H,13-15H2,1-4H3,(H,25,28). The van der Waals surface area contributed by atoms with Gasteiger partial charge in [0.05, 0.1) is 19.1 Å². The second kappa shape index (κ2) is 9.12. The van der Waals surface area contributed by atoms with Gasteiger partial charge in [0.1, 0.15) is 5.75 Å². The molecule has 1 saturated heterocycles. The Morgan fingerprint density at radius 2 is 1.79 bits per heavy atom. The maximum Gasteiger partial charge on any atom is 0.225 e. The van der Waals surface area contributed by atoms with E-state index in [1.807, 2.05) is 55.5 Å². The number of carbonyl (C=O) groups excluding carboxylic acids is 2. The van der Waals surface area contributed by atoms with E-state index in [2.05, 4.69) is 19.2 Å². The Morgan fingerprint density at radius 3 is 2.38 bits per heavy atom. The molecule has 2 aromatic rings. The molecule has 1 fully saturated rings. The lowest BCUT2D eigenvalue weighted by Crippen LogP contribution is -2.37. The Kier molecular flexibility index (Phi) is 6.57. The fourth-order valence-corrected chi connectivity index (χ4v) is 3.73. The first-order valence-corrected chi connectivity index (χ1v) is 10.1. The minimum absolute atomic E-state index is 0.0382. The smallest absolute Gasteiger partial charge is 0.225 e. The highest BCUT2D eigenvalue weighted by Gasteiger charge is 2.35. The van der Waals surface area contributed by atoms with Gasteiger partial charge in [-0.3, -0.25) is 9.59 Å². The van der Waals surface area contributed by atoms with Crippen LogP contribution in [0.2, 0.25) is 0 Å². The van der Waals surface area contributed by atoms with Crippen LogP contribution < -0.4 is 10.1 Å². The van der Waals surface area contributed by atoms with Gasteiger partial charge in [-0.2, -0.15) is 0 Å². The zero-order valence-corrected chi connectivity index (χ0v) is 17.6. The molecule has 29 heavy (non-hydrogen) atoms. The third kappa shape index (κ3) is 5.17. The molecule has 2 aromatic carbocycles. The average molecular weight is 395 g/mol. The van der Waals surface area contributed by atoms with Crippen LogP contribution in [-0.2, 0) is 16.1 Å². The number of hydrogen-bond donors (Lipinski definition) is 1. The van der Waals surface area contributed by atoms with E-state index in [9.17, 15) is 9.59 Å². The van der Waals surface area contributed by atoms with Crippen molar-refractivity contribution in [3.8, 4) is 5.75 Å². The summed E-state index contributed by atoms with van der Waals surface area (Å²) in [6.07, 6.45) is 0.269. The summed E-state index contributed by atoms with van der Waals surface area (Å²) in [6, 6.07) is 15.8. The van der Waals surface area contributed by atoms with Crippen molar-refractivity contribution >= 4 is 11.8 Å². The molecule has 1 aliphatic rings. The van der Waals surface area contributed by atoms with Crippen LogP contribution >= 0.6 is 0 Å². The predicted molar refractivity (Wildman–Crippen MR) is 113 cm³/mol. The summed E-state index contributed by atoms with van der Waals surface area (Å²) in [7, 11) is 1.64. The first-order valence-electron chi connectivity index (χ1n) is 10.1. The van der Waals surface area contributed by atoms with Gasteiger partial charge in [-0.15, -0.1) is 0 Å². The van der Waals surface area contributed by atoms with Crippen molar-refractivity contribution in [1.29, 1.82) is 0 Å². The van der Waals surface area contributed by atoms with Crippen LogP contribution in [0.25, 0.3) is 0 Å². The molecule has 5 heteroatoms. The number of aryl methyl sites for hydroxylation is 1. The Bertz CT molecular complexity index is 843. The second-order valence-electron chi connectivity index (χ2n) is 8.16. The van der Waals surface area contributed by atoms with Crippen LogP contribution in [0.4, 0.5) is 0 Å². The number of methoxy groups -OCH3 is 1. The van der Waals surface area contributed by atoms with Crippen LogP contribution in [0, 0.1) is 18.8 Å². The van der Waals surface area contributed by atoms with Crippen molar-refractivity contribution in [2.45, 2.75) is 39.8 Å². The molecule has 2 atom stereocenters. The molecule has 3 rings (SSSR count). The number of nitrogens with zero attached hydrogens (tertiary/aromatic N) is 1. The van der Waals surface area contributed by atoms with Crippen LogP contribution in [0.15, 0.2) is 48.5 Å². The molecule has 0 spiro atoms. The molecule has 0 aromatic heterocycles. The molecule has 1 aliphatic heterocycles. The normalized spacial score (nSPS) is 17.5. The minimum atomic E-state index is -0.313. The highest BCUT2D eigenvalue weighted by Crippen LogP contribution is 2.26. The summed E-state index contributed by atoms with van der Waals surface area (Å²) in [4.78, 5) is 27.2. The largest absolute Gasteiger partial charge is 0.497 e. The van der Waals surface area contributed by atoms with Gasteiger partial charge in [-0.05, 0) is 36.1 Å². The van der Waals surface area contributed by atoms with E-state index in [1.165, 1.54) is 5.56 Å². The molecule has 1 heterocycles. The number of nitrogens with one attached hydrogen (secondary N) is 1. The van der Waals surface area contributed by atoms with Crippen LogP contribution in [0.3, 0.4) is 0 Å². The number of hydrogen-bond acceptors (Lipinski definition) is 3. The topological polar surface area (TPSA) is 58.6 Å². The monoisotopic (exact) mass is 394 g/mol. The van der Waals surface area contributed by atoms with Crippen molar-refractivity contribution in [3.63, 3.8) is 0 Å². The zero-order valence-electron chi connectivity index (χ0n) is 17.6. The van der Waals surface area contributed by atoms with E-state index in [0.717, 1.165) is 16.9 Å².